The summed E-state index contributed by atoms with van der Waals surface area (Å²) in [6.07, 6.45) is 0. The zero-order valence-electron chi connectivity index (χ0n) is 9.54. The van der Waals surface area contributed by atoms with Crippen LogP contribution in [0, 0.1) is 0 Å². The molecule has 0 aliphatic rings. The molecule has 0 saturated carbocycles. The highest BCUT2D eigenvalue weighted by Gasteiger charge is 1.93. The van der Waals surface area contributed by atoms with Crippen LogP contribution in [-0.4, -0.2) is 32.9 Å². The number of halogens is 1. The van der Waals surface area contributed by atoms with E-state index in [1.54, 1.807) is 0 Å². The van der Waals surface area contributed by atoms with E-state index in [1.807, 2.05) is 31.2 Å². The molecular formula is C12H18ClNO2. The van der Waals surface area contributed by atoms with Gasteiger partial charge in [0.25, 0.3) is 0 Å². The van der Waals surface area contributed by atoms with E-state index in [0.717, 1.165) is 37.1 Å². The summed E-state index contributed by atoms with van der Waals surface area (Å²) in [5.41, 5.74) is 0. The number of benzene rings is 1. The lowest BCUT2D eigenvalue weighted by molar-refractivity contribution is 0.148. The molecule has 4 heteroatoms. The lowest BCUT2D eigenvalue weighted by atomic mass is 10.3. The molecule has 0 amide bonds. The lowest BCUT2D eigenvalue weighted by Gasteiger charge is -2.07. The molecule has 90 valence electrons. The van der Waals surface area contributed by atoms with Gasteiger partial charge in [-0.3, -0.25) is 0 Å². The van der Waals surface area contributed by atoms with Crippen LogP contribution in [0.2, 0.25) is 5.02 Å². The minimum atomic E-state index is 0.647. The standard InChI is InChI=1S/C12H18ClNO2/c1-2-15-9-7-14-8-10-16-12-5-3-11(13)4-6-12/h3-6,14H,2,7-10H2,1H3. The fourth-order valence-electron chi connectivity index (χ4n) is 1.19. The van der Waals surface area contributed by atoms with Crippen molar-refractivity contribution in [2.45, 2.75) is 6.92 Å². The van der Waals surface area contributed by atoms with E-state index in [1.165, 1.54) is 0 Å². The Morgan fingerprint density at radius 2 is 1.81 bits per heavy atom. The first-order valence-corrected chi connectivity index (χ1v) is 5.87. The molecule has 0 aliphatic carbocycles. The minimum Gasteiger partial charge on any atom is -0.492 e. The molecule has 16 heavy (non-hydrogen) atoms. The second-order valence-corrected chi connectivity index (χ2v) is 3.69. The topological polar surface area (TPSA) is 30.5 Å². The Labute approximate surface area is 102 Å². The molecule has 1 rings (SSSR count). The quantitative estimate of drug-likeness (QED) is 0.711. The van der Waals surface area contributed by atoms with Crippen LogP contribution in [0.3, 0.4) is 0 Å². The van der Waals surface area contributed by atoms with Gasteiger partial charge in [-0.2, -0.15) is 0 Å². The van der Waals surface area contributed by atoms with Crippen LogP contribution in [0.15, 0.2) is 24.3 Å². The highest BCUT2D eigenvalue weighted by molar-refractivity contribution is 6.30. The third-order valence-corrected chi connectivity index (χ3v) is 2.24. The zero-order valence-corrected chi connectivity index (χ0v) is 10.3. The number of nitrogens with one attached hydrogen (secondary N) is 1. The highest BCUT2D eigenvalue weighted by atomic mass is 35.5. The van der Waals surface area contributed by atoms with Crippen LogP contribution in [0.5, 0.6) is 5.75 Å². The molecule has 0 aliphatic heterocycles. The first-order chi connectivity index (χ1) is 7.83. The Hall–Kier alpha value is -0.770. The maximum absolute atomic E-state index is 5.76. The zero-order chi connectivity index (χ0) is 11.6. The van der Waals surface area contributed by atoms with Crippen LogP contribution in [0.25, 0.3) is 0 Å². The Bertz CT molecular complexity index is 277. The fourth-order valence-corrected chi connectivity index (χ4v) is 1.31. The van der Waals surface area contributed by atoms with E-state index in [4.69, 9.17) is 21.1 Å². The van der Waals surface area contributed by atoms with Gasteiger partial charge in [0.05, 0.1) is 6.61 Å². The van der Waals surface area contributed by atoms with Gasteiger partial charge in [0.1, 0.15) is 12.4 Å². The number of hydrogen-bond acceptors (Lipinski definition) is 3. The Morgan fingerprint density at radius 3 is 2.50 bits per heavy atom. The molecule has 0 aromatic heterocycles. The molecule has 0 bridgehead atoms. The average Bonchev–Trinajstić information content (AvgIpc) is 2.30. The van der Waals surface area contributed by atoms with Crippen LogP contribution in [-0.2, 0) is 4.74 Å². The first-order valence-electron chi connectivity index (χ1n) is 5.49. The van der Waals surface area contributed by atoms with Crippen LogP contribution >= 0.6 is 11.6 Å². The summed E-state index contributed by atoms with van der Waals surface area (Å²) < 4.78 is 10.7. The monoisotopic (exact) mass is 243 g/mol. The van der Waals surface area contributed by atoms with Crippen LogP contribution in [0.4, 0.5) is 0 Å². The van der Waals surface area contributed by atoms with E-state index in [-0.39, 0.29) is 0 Å². The van der Waals surface area contributed by atoms with E-state index in [2.05, 4.69) is 5.32 Å². The summed E-state index contributed by atoms with van der Waals surface area (Å²) in [7, 11) is 0. The van der Waals surface area contributed by atoms with Crippen LogP contribution in [0.1, 0.15) is 6.92 Å². The molecular weight excluding hydrogens is 226 g/mol. The summed E-state index contributed by atoms with van der Waals surface area (Å²) in [6.45, 7) is 5.82. The lowest BCUT2D eigenvalue weighted by Crippen LogP contribution is -2.24. The fraction of sp³-hybridized carbons (Fsp3) is 0.500. The van der Waals surface area contributed by atoms with E-state index in [9.17, 15) is 0 Å². The molecule has 1 aromatic carbocycles. The van der Waals surface area contributed by atoms with Crippen molar-refractivity contribution in [2.24, 2.45) is 0 Å². The van der Waals surface area contributed by atoms with Gasteiger partial charge in [-0.1, -0.05) is 11.6 Å². The molecule has 3 nitrogen and oxygen atoms in total. The molecule has 0 heterocycles. The van der Waals surface area contributed by atoms with Crippen molar-refractivity contribution < 1.29 is 9.47 Å². The average molecular weight is 244 g/mol. The highest BCUT2D eigenvalue weighted by Crippen LogP contribution is 2.14. The molecule has 0 unspecified atom stereocenters. The van der Waals surface area contributed by atoms with Gasteiger partial charge in [0, 0.05) is 24.7 Å². The molecule has 0 radical (unpaired) electrons. The van der Waals surface area contributed by atoms with Gasteiger partial charge in [-0.25, -0.2) is 0 Å². The summed E-state index contributed by atoms with van der Waals surface area (Å²) in [5, 5.41) is 3.95. The molecule has 1 aromatic rings. The van der Waals surface area contributed by atoms with Crippen molar-refractivity contribution in [3.8, 4) is 5.75 Å². The SMILES string of the molecule is CCOCCNCCOc1ccc(Cl)cc1. The second kappa shape index (κ2) is 8.39. The van der Waals surface area contributed by atoms with Crippen LogP contribution < -0.4 is 10.1 Å². The normalized spacial score (nSPS) is 10.4. The Morgan fingerprint density at radius 1 is 1.12 bits per heavy atom. The van der Waals surface area contributed by atoms with Gasteiger partial charge in [-0.05, 0) is 31.2 Å². The number of ether oxygens (including phenoxy) is 2. The summed E-state index contributed by atoms with van der Waals surface area (Å²) in [4.78, 5) is 0. The first kappa shape index (κ1) is 13.3. The smallest absolute Gasteiger partial charge is 0.119 e. The minimum absolute atomic E-state index is 0.647. The van der Waals surface area contributed by atoms with Crippen molar-refractivity contribution in [2.75, 3.05) is 32.9 Å². The van der Waals surface area contributed by atoms with Crippen molar-refractivity contribution in [3.63, 3.8) is 0 Å². The third kappa shape index (κ3) is 5.95. The summed E-state index contributed by atoms with van der Waals surface area (Å²) in [5.74, 6) is 0.844. The van der Waals surface area contributed by atoms with Gasteiger partial charge in [0.2, 0.25) is 0 Å². The second-order valence-electron chi connectivity index (χ2n) is 3.25. The third-order valence-electron chi connectivity index (χ3n) is 1.99. The molecule has 1 N–H and O–H groups in total. The van der Waals surface area contributed by atoms with Crippen molar-refractivity contribution in [3.05, 3.63) is 29.3 Å². The predicted molar refractivity (Wildman–Crippen MR) is 66.3 cm³/mol. The number of rotatable bonds is 8. The van der Waals surface area contributed by atoms with Gasteiger partial charge >= 0.3 is 0 Å². The maximum Gasteiger partial charge on any atom is 0.119 e. The Kier molecular flexibility index (Phi) is 6.97. The van der Waals surface area contributed by atoms with Gasteiger partial charge < -0.3 is 14.8 Å². The maximum atomic E-state index is 5.76. The molecule has 0 spiro atoms. The largest absolute Gasteiger partial charge is 0.492 e. The van der Waals surface area contributed by atoms with Crippen molar-refractivity contribution in [1.29, 1.82) is 0 Å². The van der Waals surface area contributed by atoms with E-state index in [0.29, 0.717) is 6.61 Å². The Balaban J connectivity index is 2.01. The summed E-state index contributed by atoms with van der Waals surface area (Å²) >= 11 is 5.76. The molecule has 0 atom stereocenters. The predicted octanol–water partition coefficient (Wildman–Crippen LogP) is 2.34. The van der Waals surface area contributed by atoms with E-state index < -0.39 is 0 Å². The van der Waals surface area contributed by atoms with E-state index >= 15 is 0 Å². The molecule has 0 fully saturated rings. The summed E-state index contributed by atoms with van der Waals surface area (Å²) in [6, 6.07) is 7.36. The van der Waals surface area contributed by atoms with Gasteiger partial charge in [0.15, 0.2) is 0 Å². The van der Waals surface area contributed by atoms with Crippen molar-refractivity contribution >= 4 is 11.6 Å². The number of hydrogen-bond donors (Lipinski definition) is 1. The van der Waals surface area contributed by atoms with Gasteiger partial charge in [-0.15, -0.1) is 0 Å². The molecule has 0 saturated heterocycles. The van der Waals surface area contributed by atoms with Crippen molar-refractivity contribution in [1.82, 2.24) is 5.32 Å².